The van der Waals surface area contributed by atoms with Gasteiger partial charge in [-0.1, -0.05) is 11.8 Å². The van der Waals surface area contributed by atoms with E-state index in [2.05, 4.69) is 20.4 Å². The summed E-state index contributed by atoms with van der Waals surface area (Å²) in [5, 5.41) is 18.3. The number of aromatic amines is 1. The number of fused-ring (bicyclic) bond motifs is 2. The second-order valence-electron chi connectivity index (χ2n) is 8.47. The maximum Gasteiger partial charge on any atom is 0.341 e. The number of aryl methyl sites for hydroxylation is 1. The van der Waals surface area contributed by atoms with Crippen molar-refractivity contribution < 1.29 is 19.2 Å². The van der Waals surface area contributed by atoms with Crippen LogP contribution in [0.2, 0.25) is 0 Å². The molecule has 0 radical (unpaired) electrons. The Balaban J connectivity index is 1.38. The molecule has 1 aliphatic carbocycles. The summed E-state index contributed by atoms with van der Waals surface area (Å²) in [6.07, 6.45) is 3.96. The van der Waals surface area contributed by atoms with Crippen LogP contribution in [0.3, 0.4) is 0 Å². The van der Waals surface area contributed by atoms with Gasteiger partial charge in [0.25, 0.3) is 11.2 Å². The van der Waals surface area contributed by atoms with Crippen LogP contribution in [0.5, 0.6) is 0 Å². The fourth-order valence-electron chi connectivity index (χ4n) is 4.20. The molecule has 1 aliphatic rings. The predicted molar refractivity (Wildman–Crippen MR) is 142 cm³/mol. The first-order valence-electron chi connectivity index (χ1n) is 11.8. The molecular weight excluding hydrogens is 532 g/mol. The number of anilines is 1. The number of amides is 1. The lowest BCUT2D eigenvalue weighted by Gasteiger charge is -2.12. The summed E-state index contributed by atoms with van der Waals surface area (Å²) in [6.45, 7) is 3.64. The number of nitrogens with zero attached hydrogens (tertiary/aromatic N) is 4. The minimum absolute atomic E-state index is 0.0748. The standard InChI is InChI=1S/C24H22N6O6S2/c1-3-36-23(33)18-15-5-4-6-17(15)38-22(18)27-20(31)12(2)37-24-26-19-16(21(32)28-24)11-25-29(19)13-7-9-14(10-8-13)30(34)35/h7-12H,3-6H2,1-2H3,(H,27,31)(H,26,28,32). The number of ether oxygens (including phenoxy) is 1. The van der Waals surface area contributed by atoms with Gasteiger partial charge in [-0.15, -0.1) is 11.3 Å². The van der Waals surface area contributed by atoms with Gasteiger partial charge < -0.3 is 15.0 Å². The third kappa shape index (κ3) is 4.79. The van der Waals surface area contributed by atoms with Gasteiger partial charge in [-0.3, -0.25) is 19.7 Å². The van der Waals surface area contributed by atoms with Crippen LogP contribution < -0.4 is 10.9 Å². The molecule has 1 unspecified atom stereocenters. The van der Waals surface area contributed by atoms with E-state index in [-0.39, 0.29) is 34.4 Å². The lowest BCUT2D eigenvalue weighted by molar-refractivity contribution is -0.384. The van der Waals surface area contributed by atoms with Crippen LogP contribution >= 0.6 is 23.1 Å². The van der Waals surface area contributed by atoms with Gasteiger partial charge >= 0.3 is 5.97 Å². The van der Waals surface area contributed by atoms with Crippen molar-refractivity contribution in [1.82, 2.24) is 19.7 Å². The number of benzene rings is 1. The molecule has 5 rings (SSSR count). The number of nitro groups is 1. The highest BCUT2D eigenvalue weighted by molar-refractivity contribution is 8.00. The molecule has 1 aromatic carbocycles. The molecule has 0 aliphatic heterocycles. The first kappa shape index (κ1) is 25.6. The molecule has 2 N–H and O–H groups in total. The minimum atomic E-state index is -0.668. The van der Waals surface area contributed by atoms with Crippen molar-refractivity contribution in [2.75, 3.05) is 11.9 Å². The largest absolute Gasteiger partial charge is 0.462 e. The highest BCUT2D eigenvalue weighted by atomic mass is 32.2. The number of thiophene rings is 1. The molecule has 14 heteroatoms. The number of nitrogens with one attached hydrogen (secondary N) is 2. The lowest BCUT2D eigenvalue weighted by Crippen LogP contribution is -2.24. The second kappa shape index (κ2) is 10.4. The number of hydrogen-bond donors (Lipinski definition) is 2. The normalized spacial score (nSPS) is 13.3. The number of H-pyrrole nitrogens is 1. The Bertz CT molecular complexity index is 1620. The SMILES string of the molecule is CCOC(=O)c1c(NC(=O)C(C)Sc2nc3c(cnn3-c3ccc([N+](=O)[O-])cc3)c(=O)[nH]2)sc2c1CCC2. The molecule has 12 nitrogen and oxygen atoms in total. The maximum atomic E-state index is 13.1. The van der Waals surface area contributed by atoms with Gasteiger partial charge in [0.05, 0.1) is 34.2 Å². The minimum Gasteiger partial charge on any atom is -0.462 e. The summed E-state index contributed by atoms with van der Waals surface area (Å²) in [6, 6.07) is 5.69. The number of aromatic nitrogens is 4. The van der Waals surface area contributed by atoms with Crippen LogP contribution in [-0.2, 0) is 22.4 Å². The molecule has 38 heavy (non-hydrogen) atoms. The van der Waals surface area contributed by atoms with Crippen molar-refractivity contribution in [3.63, 3.8) is 0 Å². The van der Waals surface area contributed by atoms with Gasteiger partial charge in [-0.25, -0.2) is 14.5 Å². The molecular formula is C24H22N6O6S2. The van der Waals surface area contributed by atoms with E-state index in [0.29, 0.717) is 16.3 Å². The van der Waals surface area contributed by atoms with Gasteiger partial charge in [-0.2, -0.15) is 5.10 Å². The molecule has 3 heterocycles. The van der Waals surface area contributed by atoms with Gasteiger partial charge in [0, 0.05) is 17.0 Å². The summed E-state index contributed by atoms with van der Waals surface area (Å²) in [5.41, 5.74) is 1.60. The van der Waals surface area contributed by atoms with Crippen molar-refractivity contribution in [3.05, 3.63) is 66.9 Å². The Labute approximate surface area is 223 Å². The number of hydrogen-bond acceptors (Lipinski definition) is 10. The van der Waals surface area contributed by atoms with Gasteiger partial charge in [0.15, 0.2) is 10.8 Å². The lowest BCUT2D eigenvalue weighted by atomic mass is 10.1. The number of carbonyl (C=O) groups is 2. The fraction of sp³-hybridized carbons (Fsp3) is 0.292. The van der Waals surface area contributed by atoms with E-state index in [0.717, 1.165) is 41.5 Å². The van der Waals surface area contributed by atoms with E-state index in [9.17, 15) is 24.5 Å². The number of nitro benzene ring substituents is 1. The molecule has 196 valence electrons. The first-order valence-corrected chi connectivity index (χ1v) is 13.5. The topological polar surface area (TPSA) is 162 Å². The molecule has 0 bridgehead atoms. The summed E-state index contributed by atoms with van der Waals surface area (Å²) in [5.74, 6) is -0.800. The monoisotopic (exact) mass is 554 g/mol. The molecule has 4 aromatic rings. The zero-order valence-electron chi connectivity index (χ0n) is 20.3. The number of thioether (sulfide) groups is 1. The molecule has 0 fully saturated rings. The highest BCUT2D eigenvalue weighted by Gasteiger charge is 2.29. The van der Waals surface area contributed by atoms with Crippen LogP contribution in [0.4, 0.5) is 10.7 Å². The van der Waals surface area contributed by atoms with Crippen LogP contribution in [0.25, 0.3) is 16.7 Å². The molecule has 3 aromatic heterocycles. The van der Waals surface area contributed by atoms with E-state index in [1.165, 1.54) is 46.5 Å². The van der Waals surface area contributed by atoms with Crippen molar-refractivity contribution in [2.24, 2.45) is 0 Å². The van der Waals surface area contributed by atoms with Crippen LogP contribution in [0.1, 0.15) is 41.1 Å². The molecule has 1 amide bonds. The zero-order chi connectivity index (χ0) is 27.0. The smallest absolute Gasteiger partial charge is 0.341 e. The number of esters is 1. The molecule has 0 saturated carbocycles. The van der Waals surface area contributed by atoms with Gasteiger partial charge in [-0.05, 0) is 50.8 Å². The Hall–Kier alpha value is -4.04. The molecule has 0 saturated heterocycles. The Morgan fingerprint density at radius 3 is 2.79 bits per heavy atom. The third-order valence-electron chi connectivity index (χ3n) is 6.02. The predicted octanol–water partition coefficient (Wildman–Crippen LogP) is 3.86. The summed E-state index contributed by atoms with van der Waals surface area (Å²) < 4.78 is 6.63. The summed E-state index contributed by atoms with van der Waals surface area (Å²) in [7, 11) is 0. The summed E-state index contributed by atoms with van der Waals surface area (Å²) in [4.78, 5) is 57.1. The van der Waals surface area contributed by atoms with Crippen molar-refractivity contribution in [1.29, 1.82) is 0 Å². The van der Waals surface area contributed by atoms with Crippen LogP contribution in [-0.4, -0.2) is 48.4 Å². The maximum absolute atomic E-state index is 13.1. The Kier molecular flexibility index (Phi) is 6.99. The summed E-state index contributed by atoms with van der Waals surface area (Å²) >= 11 is 2.44. The Morgan fingerprint density at radius 2 is 2.08 bits per heavy atom. The fourth-order valence-corrected chi connectivity index (χ4v) is 6.28. The van der Waals surface area contributed by atoms with Crippen molar-refractivity contribution in [2.45, 2.75) is 43.5 Å². The van der Waals surface area contributed by atoms with Crippen molar-refractivity contribution in [3.8, 4) is 5.69 Å². The van der Waals surface area contributed by atoms with Crippen LogP contribution in [0, 0.1) is 10.1 Å². The van der Waals surface area contributed by atoms with Crippen LogP contribution in [0.15, 0.2) is 40.4 Å². The van der Waals surface area contributed by atoms with E-state index in [1.807, 2.05) is 0 Å². The Morgan fingerprint density at radius 1 is 1.32 bits per heavy atom. The number of rotatable bonds is 8. The average molecular weight is 555 g/mol. The van der Waals surface area contributed by atoms with Crippen molar-refractivity contribution >= 4 is 56.7 Å². The first-order chi connectivity index (χ1) is 18.3. The average Bonchev–Trinajstić information content (AvgIpc) is 3.59. The molecule has 1 atom stereocenters. The second-order valence-corrected chi connectivity index (χ2v) is 10.9. The highest BCUT2D eigenvalue weighted by Crippen LogP contribution is 2.40. The van der Waals surface area contributed by atoms with Gasteiger partial charge in [0.1, 0.15) is 10.4 Å². The quantitative estimate of drug-likeness (QED) is 0.108. The van der Waals surface area contributed by atoms with E-state index >= 15 is 0 Å². The van der Waals surface area contributed by atoms with Gasteiger partial charge in [0.2, 0.25) is 5.91 Å². The molecule has 0 spiro atoms. The number of carbonyl (C=O) groups excluding carboxylic acids is 2. The van der Waals surface area contributed by atoms with E-state index < -0.39 is 21.7 Å². The van der Waals surface area contributed by atoms with E-state index in [1.54, 1.807) is 13.8 Å². The van der Waals surface area contributed by atoms with E-state index in [4.69, 9.17) is 4.74 Å². The third-order valence-corrected chi connectivity index (χ3v) is 8.21. The number of non-ortho nitro benzene ring substituents is 1. The zero-order valence-corrected chi connectivity index (χ0v) is 22.0.